The average Bonchev–Trinajstić information content (AvgIpc) is 2.91. The Morgan fingerprint density at radius 1 is 1.38 bits per heavy atom. The fourth-order valence-corrected chi connectivity index (χ4v) is 3.01. The zero-order valence-electron chi connectivity index (χ0n) is 10.5. The standard InChI is InChI=1S/C14H20OS/c1-9(10-5-6-10)13(15)11-7-8-12(16-11)14(2,3)4/h7-10H,5-6H2,1-4H3. The molecule has 2 rings (SSSR count). The summed E-state index contributed by atoms with van der Waals surface area (Å²) < 4.78 is 0. The van der Waals surface area contributed by atoms with E-state index in [1.54, 1.807) is 11.3 Å². The van der Waals surface area contributed by atoms with Crippen LogP contribution in [0.4, 0.5) is 0 Å². The van der Waals surface area contributed by atoms with E-state index in [1.165, 1.54) is 17.7 Å². The first-order valence-corrected chi connectivity index (χ1v) is 6.86. The molecule has 1 unspecified atom stereocenters. The van der Waals surface area contributed by atoms with Gasteiger partial charge in [0.25, 0.3) is 0 Å². The molecule has 1 aliphatic rings. The highest BCUT2D eigenvalue weighted by molar-refractivity contribution is 7.14. The van der Waals surface area contributed by atoms with E-state index in [-0.39, 0.29) is 11.3 Å². The summed E-state index contributed by atoms with van der Waals surface area (Å²) in [6, 6.07) is 4.12. The molecule has 16 heavy (non-hydrogen) atoms. The van der Waals surface area contributed by atoms with Crippen LogP contribution in [0, 0.1) is 11.8 Å². The van der Waals surface area contributed by atoms with E-state index < -0.39 is 0 Å². The van der Waals surface area contributed by atoms with Gasteiger partial charge in [-0.3, -0.25) is 4.79 Å². The molecule has 0 aromatic carbocycles. The molecule has 0 bridgehead atoms. The average molecular weight is 236 g/mol. The van der Waals surface area contributed by atoms with Gasteiger partial charge in [0.15, 0.2) is 5.78 Å². The van der Waals surface area contributed by atoms with Crippen LogP contribution >= 0.6 is 11.3 Å². The molecule has 1 nitrogen and oxygen atoms in total. The predicted molar refractivity (Wildman–Crippen MR) is 69.2 cm³/mol. The number of hydrogen-bond acceptors (Lipinski definition) is 2. The minimum absolute atomic E-state index is 0.159. The fraction of sp³-hybridized carbons (Fsp3) is 0.643. The first-order chi connectivity index (χ1) is 7.39. The van der Waals surface area contributed by atoms with E-state index in [0.29, 0.717) is 11.7 Å². The fourth-order valence-electron chi connectivity index (χ4n) is 1.91. The summed E-state index contributed by atoms with van der Waals surface area (Å²) in [4.78, 5) is 14.4. The Labute approximate surface area is 102 Å². The Bertz CT molecular complexity index is 393. The molecule has 0 amide bonds. The summed E-state index contributed by atoms with van der Waals surface area (Å²) in [5.41, 5.74) is 0.159. The van der Waals surface area contributed by atoms with Crippen LogP contribution in [-0.2, 0) is 5.41 Å². The van der Waals surface area contributed by atoms with E-state index >= 15 is 0 Å². The van der Waals surface area contributed by atoms with Crippen molar-refractivity contribution < 1.29 is 4.79 Å². The van der Waals surface area contributed by atoms with Gasteiger partial charge in [-0.05, 0) is 36.3 Å². The van der Waals surface area contributed by atoms with Crippen LogP contribution in [0.5, 0.6) is 0 Å². The Kier molecular flexibility index (Phi) is 2.95. The SMILES string of the molecule is CC(C(=O)c1ccc(C(C)(C)C)s1)C1CC1. The minimum Gasteiger partial charge on any atom is -0.293 e. The molecule has 1 aromatic rings. The second-order valence-electron chi connectivity index (χ2n) is 5.90. The van der Waals surface area contributed by atoms with Crippen LogP contribution in [0.1, 0.15) is 55.1 Å². The lowest BCUT2D eigenvalue weighted by atomic mass is 9.95. The van der Waals surface area contributed by atoms with Gasteiger partial charge in [0.1, 0.15) is 0 Å². The molecule has 1 heterocycles. The van der Waals surface area contributed by atoms with Crippen molar-refractivity contribution in [2.24, 2.45) is 11.8 Å². The van der Waals surface area contributed by atoms with Crippen molar-refractivity contribution in [2.75, 3.05) is 0 Å². The maximum absolute atomic E-state index is 12.2. The summed E-state index contributed by atoms with van der Waals surface area (Å²) in [6.45, 7) is 8.66. The minimum atomic E-state index is 0.159. The number of thiophene rings is 1. The second-order valence-corrected chi connectivity index (χ2v) is 6.99. The molecule has 0 spiro atoms. The van der Waals surface area contributed by atoms with E-state index in [0.717, 1.165) is 4.88 Å². The summed E-state index contributed by atoms with van der Waals surface area (Å²) >= 11 is 1.67. The Balaban J connectivity index is 2.15. The zero-order valence-corrected chi connectivity index (χ0v) is 11.4. The van der Waals surface area contributed by atoms with Crippen LogP contribution in [0.2, 0.25) is 0 Å². The summed E-state index contributed by atoms with van der Waals surface area (Å²) in [6.07, 6.45) is 2.48. The number of Topliss-reactive ketones (excluding diaryl/α,β-unsaturated/α-hetero) is 1. The van der Waals surface area contributed by atoms with Crippen LogP contribution in [-0.4, -0.2) is 5.78 Å². The molecule has 1 aliphatic carbocycles. The smallest absolute Gasteiger partial charge is 0.175 e. The van der Waals surface area contributed by atoms with Crippen molar-refractivity contribution in [2.45, 2.75) is 46.0 Å². The van der Waals surface area contributed by atoms with Crippen molar-refractivity contribution in [3.63, 3.8) is 0 Å². The molecule has 1 aromatic heterocycles. The van der Waals surface area contributed by atoms with Gasteiger partial charge in [0.05, 0.1) is 4.88 Å². The van der Waals surface area contributed by atoms with E-state index in [4.69, 9.17) is 0 Å². The predicted octanol–water partition coefficient (Wildman–Crippen LogP) is 4.27. The molecule has 2 heteroatoms. The maximum atomic E-state index is 12.2. The molecule has 88 valence electrons. The van der Waals surface area contributed by atoms with Crippen molar-refractivity contribution in [1.82, 2.24) is 0 Å². The number of rotatable bonds is 3. The molecular weight excluding hydrogens is 216 g/mol. The summed E-state index contributed by atoms with van der Waals surface area (Å²) in [7, 11) is 0. The van der Waals surface area contributed by atoms with Crippen molar-refractivity contribution in [3.8, 4) is 0 Å². The summed E-state index contributed by atoms with van der Waals surface area (Å²) in [5.74, 6) is 1.24. The van der Waals surface area contributed by atoms with Crippen LogP contribution < -0.4 is 0 Å². The quantitative estimate of drug-likeness (QED) is 0.716. The van der Waals surface area contributed by atoms with Crippen molar-refractivity contribution >= 4 is 17.1 Å². The first-order valence-electron chi connectivity index (χ1n) is 6.04. The number of carbonyl (C=O) groups is 1. The first kappa shape index (κ1) is 11.8. The monoisotopic (exact) mass is 236 g/mol. The number of ketones is 1. The molecule has 0 radical (unpaired) electrons. The molecule has 1 saturated carbocycles. The van der Waals surface area contributed by atoms with E-state index in [2.05, 4.69) is 33.8 Å². The highest BCUT2D eigenvalue weighted by Gasteiger charge is 2.33. The van der Waals surface area contributed by atoms with Gasteiger partial charge in [0, 0.05) is 10.8 Å². The highest BCUT2D eigenvalue weighted by Crippen LogP contribution is 2.39. The molecule has 0 saturated heterocycles. The number of carbonyl (C=O) groups excluding carboxylic acids is 1. The van der Waals surface area contributed by atoms with Crippen LogP contribution in [0.15, 0.2) is 12.1 Å². The van der Waals surface area contributed by atoms with Crippen LogP contribution in [0.25, 0.3) is 0 Å². The number of hydrogen-bond donors (Lipinski definition) is 0. The van der Waals surface area contributed by atoms with Gasteiger partial charge < -0.3 is 0 Å². The molecular formula is C14H20OS. The molecule has 1 fully saturated rings. The van der Waals surface area contributed by atoms with Gasteiger partial charge in [-0.25, -0.2) is 0 Å². The topological polar surface area (TPSA) is 17.1 Å². The van der Waals surface area contributed by atoms with Gasteiger partial charge in [-0.1, -0.05) is 27.7 Å². The second kappa shape index (κ2) is 3.99. The highest BCUT2D eigenvalue weighted by atomic mass is 32.1. The lowest BCUT2D eigenvalue weighted by Gasteiger charge is -2.15. The van der Waals surface area contributed by atoms with Gasteiger partial charge in [-0.15, -0.1) is 11.3 Å². The van der Waals surface area contributed by atoms with Crippen molar-refractivity contribution in [3.05, 3.63) is 21.9 Å². The Morgan fingerprint density at radius 3 is 2.44 bits per heavy atom. The van der Waals surface area contributed by atoms with Gasteiger partial charge in [-0.2, -0.15) is 0 Å². The third-order valence-corrected chi connectivity index (χ3v) is 4.86. The molecule has 0 N–H and O–H groups in total. The lowest BCUT2D eigenvalue weighted by Crippen LogP contribution is -2.12. The Hall–Kier alpha value is -0.630. The van der Waals surface area contributed by atoms with E-state index in [1.807, 2.05) is 6.07 Å². The summed E-state index contributed by atoms with van der Waals surface area (Å²) in [5, 5.41) is 0. The van der Waals surface area contributed by atoms with E-state index in [9.17, 15) is 4.79 Å². The lowest BCUT2D eigenvalue weighted by molar-refractivity contribution is 0.0920. The molecule has 0 aliphatic heterocycles. The van der Waals surface area contributed by atoms with Gasteiger partial charge in [0.2, 0.25) is 0 Å². The Morgan fingerprint density at radius 2 is 2.00 bits per heavy atom. The van der Waals surface area contributed by atoms with Crippen LogP contribution in [0.3, 0.4) is 0 Å². The normalized spacial score (nSPS) is 18.5. The van der Waals surface area contributed by atoms with Gasteiger partial charge >= 0.3 is 0 Å². The third kappa shape index (κ3) is 2.37. The van der Waals surface area contributed by atoms with Crippen molar-refractivity contribution in [1.29, 1.82) is 0 Å². The molecule has 1 atom stereocenters. The largest absolute Gasteiger partial charge is 0.293 e. The maximum Gasteiger partial charge on any atom is 0.175 e. The zero-order chi connectivity index (χ0) is 11.9. The third-order valence-electron chi connectivity index (χ3n) is 3.33.